The van der Waals surface area contributed by atoms with E-state index in [1.807, 2.05) is 0 Å². The Morgan fingerprint density at radius 3 is 2.61 bits per heavy atom. The molecule has 1 fully saturated rings. The zero-order valence-electron chi connectivity index (χ0n) is 17.9. The molecule has 1 aromatic heterocycles. The average Bonchev–Trinajstić information content (AvgIpc) is 2.72. The Balaban J connectivity index is 1.63. The van der Waals surface area contributed by atoms with Crippen LogP contribution in [0.5, 0.6) is 0 Å². The normalized spacial score (nSPS) is 25.9. The van der Waals surface area contributed by atoms with Crippen LogP contribution < -0.4 is 16.4 Å². The summed E-state index contributed by atoms with van der Waals surface area (Å²) in [6.45, 7) is 3.45. The van der Waals surface area contributed by atoms with Gasteiger partial charge in [0.25, 0.3) is 5.91 Å². The highest BCUT2D eigenvalue weighted by atomic mass is 32.2. The van der Waals surface area contributed by atoms with Crippen LogP contribution in [0.2, 0.25) is 0 Å². The molecule has 3 heterocycles. The molecule has 0 aliphatic carbocycles. The second-order valence-electron chi connectivity index (χ2n) is 8.82. The summed E-state index contributed by atoms with van der Waals surface area (Å²) in [6, 6.07) is 6.70. The summed E-state index contributed by atoms with van der Waals surface area (Å²) in [5.41, 5.74) is 5.63. The lowest BCUT2D eigenvalue weighted by Crippen LogP contribution is -2.72. The number of carbonyl (C=O) groups is 1. The maximum absolute atomic E-state index is 13.0. The molecule has 12 heteroatoms. The van der Waals surface area contributed by atoms with E-state index in [9.17, 15) is 26.4 Å². The predicted molar refractivity (Wildman–Crippen MR) is 114 cm³/mol. The quantitative estimate of drug-likeness (QED) is 0.597. The second kappa shape index (κ2) is 7.76. The predicted octanol–water partition coefficient (Wildman–Crippen LogP) is 2.16. The fourth-order valence-corrected chi connectivity index (χ4v) is 5.77. The number of halogens is 3. The molecule has 178 valence electrons. The molecule has 2 aromatic rings. The maximum Gasteiger partial charge on any atom is 0.417 e. The highest BCUT2D eigenvalue weighted by Gasteiger charge is 2.54. The number of ether oxygens (including phenoxy) is 1. The third-order valence-corrected chi connectivity index (χ3v) is 8.96. The summed E-state index contributed by atoms with van der Waals surface area (Å²) in [5.74, 6) is -0.946. The highest BCUT2D eigenvalue weighted by Crippen LogP contribution is 2.40. The molecule has 1 amide bonds. The van der Waals surface area contributed by atoms with Crippen LogP contribution in [0.4, 0.5) is 18.9 Å². The number of fused-ring (bicyclic) bond motifs is 2. The van der Waals surface area contributed by atoms with E-state index in [1.54, 1.807) is 32.0 Å². The summed E-state index contributed by atoms with van der Waals surface area (Å²) in [6.07, 6.45) is -4.83. The lowest BCUT2D eigenvalue weighted by Gasteiger charge is -2.49. The first-order chi connectivity index (χ1) is 15.3. The molecule has 8 nitrogen and oxygen atoms in total. The van der Waals surface area contributed by atoms with E-state index in [2.05, 4.69) is 15.6 Å². The van der Waals surface area contributed by atoms with Crippen molar-refractivity contribution in [3.63, 3.8) is 0 Å². The fourth-order valence-electron chi connectivity index (χ4n) is 3.99. The van der Waals surface area contributed by atoms with Gasteiger partial charge in [-0.25, -0.2) is 8.42 Å². The van der Waals surface area contributed by atoms with Crippen molar-refractivity contribution in [2.24, 2.45) is 5.73 Å². The molecular weight excluding hydrogens is 461 g/mol. The summed E-state index contributed by atoms with van der Waals surface area (Å²) < 4.78 is 68.7. The number of anilines is 1. The average molecular weight is 485 g/mol. The number of nitrogens with one attached hydrogen (secondary N) is 2. The Kier molecular flexibility index (Phi) is 5.55. The van der Waals surface area contributed by atoms with Gasteiger partial charge in [0.05, 0.1) is 41.0 Å². The molecule has 0 saturated carbocycles. The van der Waals surface area contributed by atoms with E-state index in [4.69, 9.17) is 10.5 Å². The van der Waals surface area contributed by atoms with Crippen molar-refractivity contribution in [1.82, 2.24) is 10.3 Å². The van der Waals surface area contributed by atoms with Gasteiger partial charge in [-0.15, -0.1) is 0 Å². The molecule has 0 radical (unpaired) electrons. The SMILES string of the molecule is CC1(C)C(N)N[C@@]2(COCc3ccc(NC(=O)c4ccc(C(F)(F)F)cn4)cc32)CS1(=O)=O. The molecule has 33 heavy (non-hydrogen) atoms. The summed E-state index contributed by atoms with van der Waals surface area (Å²) in [7, 11) is -3.61. The first-order valence-electron chi connectivity index (χ1n) is 10.1. The van der Waals surface area contributed by atoms with Crippen LogP contribution in [0.1, 0.15) is 41.0 Å². The van der Waals surface area contributed by atoms with Crippen LogP contribution in [-0.2, 0) is 32.9 Å². The van der Waals surface area contributed by atoms with Gasteiger partial charge in [0.1, 0.15) is 5.69 Å². The van der Waals surface area contributed by atoms with Crippen molar-refractivity contribution < 1.29 is 31.1 Å². The largest absolute Gasteiger partial charge is 0.417 e. The van der Waals surface area contributed by atoms with Crippen molar-refractivity contribution in [2.75, 3.05) is 17.7 Å². The zero-order chi connectivity index (χ0) is 24.2. The van der Waals surface area contributed by atoms with Crippen LogP contribution in [-0.4, -0.2) is 42.6 Å². The van der Waals surface area contributed by atoms with E-state index in [0.717, 1.165) is 17.7 Å². The minimum Gasteiger partial charge on any atom is -0.374 e. The van der Waals surface area contributed by atoms with Gasteiger partial charge in [-0.05, 0) is 49.2 Å². The van der Waals surface area contributed by atoms with Gasteiger partial charge in [-0.1, -0.05) is 6.07 Å². The number of nitrogens with zero attached hydrogens (tertiary/aromatic N) is 1. The Morgan fingerprint density at radius 1 is 1.27 bits per heavy atom. The number of carbonyl (C=O) groups excluding carboxylic acids is 1. The second-order valence-corrected chi connectivity index (χ2v) is 11.4. The van der Waals surface area contributed by atoms with Crippen molar-refractivity contribution in [2.45, 2.75) is 43.1 Å². The minimum atomic E-state index is -4.56. The van der Waals surface area contributed by atoms with Gasteiger partial charge in [-0.2, -0.15) is 13.2 Å². The number of hydrogen-bond acceptors (Lipinski definition) is 7. The zero-order valence-corrected chi connectivity index (χ0v) is 18.7. The molecule has 1 spiro atoms. The van der Waals surface area contributed by atoms with E-state index >= 15 is 0 Å². The molecule has 2 aliphatic rings. The molecule has 1 aromatic carbocycles. The lowest BCUT2D eigenvalue weighted by atomic mass is 9.85. The monoisotopic (exact) mass is 484 g/mol. The first-order valence-corrected chi connectivity index (χ1v) is 11.7. The number of alkyl halides is 3. The van der Waals surface area contributed by atoms with Crippen LogP contribution >= 0.6 is 0 Å². The van der Waals surface area contributed by atoms with Crippen LogP contribution in [0, 0.1) is 0 Å². The van der Waals surface area contributed by atoms with Crippen molar-refractivity contribution >= 4 is 21.4 Å². The number of rotatable bonds is 2. The molecule has 4 rings (SSSR count). The summed E-state index contributed by atoms with van der Waals surface area (Å²) in [5, 5.41) is 5.81. The van der Waals surface area contributed by atoms with Gasteiger partial charge in [0.15, 0.2) is 9.84 Å². The number of benzene rings is 1. The molecule has 1 saturated heterocycles. The summed E-state index contributed by atoms with van der Waals surface area (Å²) in [4.78, 5) is 16.1. The number of amides is 1. The Hall–Kier alpha value is -2.54. The van der Waals surface area contributed by atoms with Crippen LogP contribution in [0.25, 0.3) is 0 Å². The van der Waals surface area contributed by atoms with E-state index in [0.29, 0.717) is 17.4 Å². The topological polar surface area (TPSA) is 123 Å². The molecule has 4 N–H and O–H groups in total. The molecule has 1 unspecified atom stereocenters. The van der Waals surface area contributed by atoms with E-state index in [-0.39, 0.29) is 24.7 Å². The standard InChI is InChI=1S/C21H23F3N4O4S/c1-19(2)18(25)28-20(11-33(19,30)31)10-32-9-12-3-5-14(7-15(12)20)27-17(29)16-6-4-13(8-26-16)21(22,23)24/h3-8,18,28H,9-11,25H2,1-2H3,(H,27,29)/t18?,20-/m0/s1. The molecular formula is C21H23F3N4O4S. The molecule has 2 aliphatic heterocycles. The number of sulfone groups is 1. The highest BCUT2D eigenvalue weighted by molar-refractivity contribution is 7.92. The number of nitrogens with two attached hydrogens (primary N) is 1. The van der Waals surface area contributed by atoms with Gasteiger partial charge >= 0.3 is 6.18 Å². The Labute approximate surface area is 188 Å². The number of pyridine rings is 1. The van der Waals surface area contributed by atoms with Crippen molar-refractivity contribution in [1.29, 1.82) is 0 Å². The fraction of sp³-hybridized carbons (Fsp3) is 0.429. The van der Waals surface area contributed by atoms with Gasteiger partial charge in [0.2, 0.25) is 0 Å². The van der Waals surface area contributed by atoms with Gasteiger partial charge in [0, 0.05) is 11.9 Å². The third-order valence-electron chi connectivity index (χ3n) is 6.23. The van der Waals surface area contributed by atoms with Crippen LogP contribution in [0.3, 0.4) is 0 Å². The number of hydrogen-bond donors (Lipinski definition) is 3. The van der Waals surface area contributed by atoms with Gasteiger partial charge in [-0.3, -0.25) is 15.1 Å². The van der Waals surface area contributed by atoms with Crippen molar-refractivity contribution in [3.8, 4) is 0 Å². The maximum atomic E-state index is 13.0. The van der Waals surface area contributed by atoms with E-state index in [1.165, 1.54) is 0 Å². The first kappa shape index (κ1) is 23.6. The van der Waals surface area contributed by atoms with Crippen molar-refractivity contribution in [3.05, 3.63) is 58.9 Å². The molecule has 2 atom stereocenters. The smallest absolute Gasteiger partial charge is 0.374 e. The van der Waals surface area contributed by atoms with Crippen LogP contribution in [0.15, 0.2) is 36.5 Å². The lowest BCUT2D eigenvalue weighted by molar-refractivity contribution is -0.137. The van der Waals surface area contributed by atoms with Gasteiger partial charge < -0.3 is 15.8 Å². The van der Waals surface area contributed by atoms with E-state index < -0.39 is 43.9 Å². The minimum absolute atomic E-state index is 0.0703. The Bertz CT molecular complexity index is 1200. The number of aromatic nitrogens is 1. The summed E-state index contributed by atoms with van der Waals surface area (Å²) >= 11 is 0. The Morgan fingerprint density at radius 2 is 2.00 bits per heavy atom. The third kappa shape index (κ3) is 4.12. The molecule has 0 bridgehead atoms.